The van der Waals surface area contributed by atoms with Crippen molar-refractivity contribution in [1.82, 2.24) is 5.32 Å². The third-order valence-corrected chi connectivity index (χ3v) is 4.87. The summed E-state index contributed by atoms with van der Waals surface area (Å²) in [6, 6.07) is 7.03. The molecule has 1 aromatic rings. The van der Waals surface area contributed by atoms with E-state index >= 15 is 0 Å². The molecule has 0 saturated carbocycles. The SMILES string of the molecule is CCNCc1ccc(N(C)C2CCSC2)c(Cl)c1. The number of anilines is 1. The molecule has 0 radical (unpaired) electrons. The third kappa shape index (κ3) is 3.34. The van der Waals surface area contributed by atoms with E-state index in [4.69, 9.17) is 11.6 Å². The van der Waals surface area contributed by atoms with Gasteiger partial charge in [0.05, 0.1) is 10.7 Å². The minimum atomic E-state index is 0.632. The molecular weight excluding hydrogens is 264 g/mol. The maximum atomic E-state index is 6.41. The number of halogens is 1. The Morgan fingerprint density at radius 2 is 2.33 bits per heavy atom. The molecule has 1 saturated heterocycles. The van der Waals surface area contributed by atoms with Crippen LogP contribution in [0.3, 0.4) is 0 Å². The lowest BCUT2D eigenvalue weighted by Gasteiger charge is -2.27. The van der Waals surface area contributed by atoms with Crippen molar-refractivity contribution in [2.24, 2.45) is 0 Å². The summed E-state index contributed by atoms with van der Waals surface area (Å²) in [5, 5.41) is 4.19. The number of nitrogens with zero attached hydrogens (tertiary/aromatic N) is 1. The molecule has 1 aliphatic heterocycles. The largest absolute Gasteiger partial charge is 0.370 e. The Balaban J connectivity index is 2.08. The Bertz CT molecular complexity index is 391. The van der Waals surface area contributed by atoms with E-state index in [0.29, 0.717) is 6.04 Å². The van der Waals surface area contributed by atoms with E-state index in [-0.39, 0.29) is 0 Å². The summed E-state index contributed by atoms with van der Waals surface area (Å²) in [6.07, 6.45) is 1.26. The first-order valence-electron chi connectivity index (χ1n) is 6.52. The van der Waals surface area contributed by atoms with Crippen LogP contribution in [0.2, 0.25) is 5.02 Å². The first-order chi connectivity index (χ1) is 8.72. The lowest BCUT2D eigenvalue weighted by molar-refractivity contribution is 0.699. The number of thioether (sulfide) groups is 1. The fourth-order valence-electron chi connectivity index (χ4n) is 2.24. The van der Waals surface area contributed by atoms with E-state index in [1.807, 2.05) is 11.8 Å². The van der Waals surface area contributed by atoms with Gasteiger partial charge in [-0.3, -0.25) is 0 Å². The molecule has 100 valence electrons. The van der Waals surface area contributed by atoms with Crippen LogP contribution in [0.5, 0.6) is 0 Å². The maximum Gasteiger partial charge on any atom is 0.0642 e. The van der Waals surface area contributed by atoms with Gasteiger partial charge in [0, 0.05) is 25.4 Å². The number of hydrogen-bond donors (Lipinski definition) is 1. The lowest BCUT2D eigenvalue weighted by atomic mass is 10.1. The zero-order valence-corrected chi connectivity index (χ0v) is 12.7. The normalized spacial score (nSPS) is 19.2. The van der Waals surface area contributed by atoms with Crippen molar-refractivity contribution in [3.05, 3.63) is 28.8 Å². The molecule has 0 amide bonds. The van der Waals surface area contributed by atoms with Crippen LogP contribution in [0, 0.1) is 0 Å². The van der Waals surface area contributed by atoms with Gasteiger partial charge < -0.3 is 10.2 Å². The van der Waals surface area contributed by atoms with Crippen molar-refractivity contribution in [2.75, 3.05) is 30.0 Å². The molecule has 1 N–H and O–H groups in total. The average Bonchev–Trinajstić information content (AvgIpc) is 2.89. The van der Waals surface area contributed by atoms with E-state index in [2.05, 4.69) is 42.4 Å². The Morgan fingerprint density at radius 3 is 2.94 bits per heavy atom. The predicted octanol–water partition coefficient (Wildman–Crippen LogP) is 3.39. The van der Waals surface area contributed by atoms with Crippen LogP contribution in [0.1, 0.15) is 18.9 Å². The Kier molecular flexibility index (Phi) is 5.22. The maximum absolute atomic E-state index is 6.41. The van der Waals surface area contributed by atoms with Crippen LogP contribution in [0.25, 0.3) is 0 Å². The zero-order chi connectivity index (χ0) is 13.0. The van der Waals surface area contributed by atoms with Crippen molar-refractivity contribution in [2.45, 2.75) is 25.9 Å². The van der Waals surface area contributed by atoms with Gasteiger partial charge in [-0.1, -0.05) is 24.6 Å². The van der Waals surface area contributed by atoms with Gasteiger partial charge in [0.25, 0.3) is 0 Å². The molecule has 0 aromatic heterocycles. The van der Waals surface area contributed by atoms with Crippen LogP contribution in [-0.4, -0.2) is 31.1 Å². The smallest absolute Gasteiger partial charge is 0.0642 e. The van der Waals surface area contributed by atoms with Gasteiger partial charge in [-0.15, -0.1) is 0 Å². The van der Waals surface area contributed by atoms with E-state index in [1.54, 1.807) is 0 Å². The molecule has 1 unspecified atom stereocenters. The molecule has 1 aromatic carbocycles. The van der Waals surface area contributed by atoms with Crippen molar-refractivity contribution >= 4 is 29.1 Å². The second-order valence-electron chi connectivity index (χ2n) is 4.69. The van der Waals surface area contributed by atoms with Gasteiger partial charge in [0.1, 0.15) is 0 Å². The number of nitrogens with one attached hydrogen (secondary N) is 1. The molecule has 1 fully saturated rings. The minimum absolute atomic E-state index is 0.632. The van der Waals surface area contributed by atoms with Crippen LogP contribution >= 0.6 is 23.4 Å². The molecular formula is C14H21ClN2S. The summed E-state index contributed by atoms with van der Waals surface area (Å²) in [7, 11) is 2.15. The lowest BCUT2D eigenvalue weighted by Crippen LogP contribution is -2.31. The van der Waals surface area contributed by atoms with E-state index < -0.39 is 0 Å². The Hall–Kier alpha value is -0.380. The van der Waals surface area contributed by atoms with Gasteiger partial charge in [0.2, 0.25) is 0 Å². The zero-order valence-electron chi connectivity index (χ0n) is 11.1. The van der Waals surface area contributed by atoms with Gasteiger partial charge in [-0.2, -0.15) is 11.8 Å². The molecule has 0 bridgehead atoms. The van der Waals surface area contributed by atoms with E-state index in [1.165, 1.54) is 23.5 Å². The molecule has 18 heavy (non-hydrogen) atoms. The highest BCUT2D eigenvalue weighted by molar-refractivity contribution is 7.99. The Labute approximate surface area is 119 Å². The Morgan fingerprint density at radius 1 is 1.50 bits per heavy atom. The molecule has 1 atom stereocenters. The summed E-state index contributed by atoms with van der Waals surface area (Å²) in [5.74, 6) is 2.48. The fraction of sp³-hybridized carbons (Fsp3) is 0.571. The summed E-state index contributed by atoms with van der Waals surface area (Å²) in [6.45, 7) is 3.99. The average molecular weight is 285 g/mol. The van der Waals surface area contributed by atoms with Crippen LogP contribution in [0.4, 0.5) is 5.69 Å². The van der Waals surface area contributed by atoms with Gasteiger partial charge in [-0.25, -0.2) is 0 Å². The van der Waals surface area contributed by atoms with E-state index in [0.717, 1.165) is 23.8 Å². The molecule has 2 rings (SSSR count). The second kappa shape index (κ2) is 6.69. The monoisotopic (exact) mass is 284 g/mol. The summed E-state index contributed by atoms with van der Waals surface area (Å²) in [4.78, 5) is 2.33. The van der Waals surface area contributed by atoms with Crippen LogP contribution < -0.4 is 10.2 Å². The standard InChI is InChI=1S/C14H21ClN2S/c1-3-16-9-11-4-5-14(13(15)8-11)17(2)12-6-7-18-10-12/h4-5,8,12,16H,3,6-7,9-10H2,1-2H3. The highest BCUT2D eigenvalue weighted by Crippen LogP contribution is 2.31. The highest BCUT2D eigenvalue weighted by atomic mass is 35.5. The van der Waals surface area contributed by atoms with Crippen molar-refractivity contribution in [3.63, 3.8) is 0 Å². The molecule has 4 heteroatoms. The van der Waals surface area contributed by atoms with Gasteiger partial charge >= 0.3 is 0 Å². The first-order valence-corrected chi connectivity index (χ1v) is 8.05. The predicted molar refractivity (Wildman–Crippen MR) is 83.0 cm³/mol. The van der Waals surface area contributed by atoms with Crippen LogP contribution in [0.15, 0.2) is 18.2 Å². The van der Waals surface area contributed by atoms with Gasteiger partial charge in [-0.05, 0) is 36.4 Å². The second-order valence-corrected chi connectivity index (χ2v) is 6.25. The number of hydrogen-bond acceptors (Lipinski definition) is 3. The molecule has 1 aliphatic rings. The van der Waals surface area contributed by atoms with Gasteiger partial charge in [0.15, 0.2) is 0 Å². The highest BCUT2D eigenvalue weighted by Gasteiger charge is 2.21. The van der Waals surface area contributed by atoms with Crippen molar-refractivity contribution in [1.29, 1.82) is 0 Å². The number of rotatable bonds is 5. The molecule has 1 heterocycles. The minimum Gasteiger partial charge on any atom is -0.370 e. The quantitative estimate of drug-likeness (QED) is 0.892. The third-order valence-electron chi connectivity index (χ3n) is 3.42. The first kappa shape index (κ1) is 14.0. The van der Waals surface area contributed by atoms with Crippen molar-refractivity contribution in [3.8, 4) is 0 Å². The summed E-state index contributed by atoms with van der Waals surface area (Å²) >= 11 is 8.44. The molecule has 0 aliphatic carbocycles. The summed E-state index contributed by atoms with van der Waals surface area (Å²) < 4.78 is 0. The van der Waals surface area contributed by atoms with Crippen LogP contribution in [-0.2, 0) is 6.54 Å². The van der Waals surface area contributed by atoms with E-state index in [9.17, 15) is 0 Å². The topological polar surface area (TPSA) is 15.3 Å². The number of benzene rings is 1. The molecule has 0 spiro atoms. The summed E-state index contributed by atoms with van der Waals surface area (Å²) in [5.41, 5.74) is 2.41. The fourth-order valence-corrected chi connectivity index (χ4v) is 3.84. The molecule has 2 nitrogen and oxygen atoms in total. The van der Waals surface area contributed by atoms with Crippen molar-refractivity contribution < 1.29 is 0 Å².